The lowest BCUT2D eigenvalue weighted by atomic mass is 10.2. The number of methoxy groups -OCH3 is 1. The molecular formula is C17H21FN2O5. The minimum atomic E-state index is -0.797. The van der Waals surface area contributed by atoms with E-state index in [4.69, 9.17) is 9.47 Å². The van der Waals surface area contributed by atoms with E-state index in [-0.39, 0.29) is 11.7 Å². The number of benzene rings is 1. The summed E-state index contributed by atoms with van der Waals surface area (Å²) < 4.78 is 23.0. The molecule has 0 saturated heterocycles. The minimum Gasteiger partial charge on any atom is -0.494 e. The van der Waals surface area contributed by atoms with Gasteiger partial charge in [-0.1, -0.05) is 19.9 Å². The first kappa shape index (κ1) is 20.1. The van der Waals surface area contributed by atoms with Crippen LogP contribution in [-0.2, 0) is 14.3 Å². The summed E-state index contributed by atoms with van der Waals surface area (Å²) in [7, 11) is 1.35. The minimum absolute atomic E-state index is 0.0899. The van der Waals surface area contributed by atoms with Gasteiger partial charge in [-0.2, -0.15) is 0 Å². The molecule has 0 unspecified atom stereocenters. The zero-order chi connectivity index (χ0) is 18.8. The summed E-state index contributed by atoms with van der Waals surface area (Å²) in [6, 6.07) is 3.51. The van der Waals surface area contributed by atoms with Gasteiger partial charge in [0.05, 0.1) is 7.11 Å². The Hall–Kier alpha value is -2.90. The van der Waals surface area contributed by atoms with Crippen LogP contribution in [0.3, 0.4) is 0 Å². The Bertz CT molecular complexity index is 658. The number of carbonyl (C=O) groups is 3. The monoisotopic (exact) mass is 352 g/mol. The molecule has 0 saturated carbocycles. The Morgan fingerprint density at radius 2 is 2.00 bits per heavy atom. The van der Waals surface area contributed by atoms with Crippen LogP contribution in [0.15, 0.2) is 24.3 Å². The first-order chi connectivity index (χ1) is 11.8. The zero-order valence-electron chi connectivity index (χ0n) is 14.3. The SMILES string of the molecule is COc1ccc(/C=C/C(=O)OCC(=O)NC(=O)NCC(C)C)cc1F. The van der Waals surface area contributed by atoms with Crippen molar-refractivity contribution in [1.29, 1.82) is 0 Å². The van der Waals surface area contributed by atoms with Crippen LogP contribution in [0.2, 0.25) is 0 Å². The van der Waals surface area contributed by atoms with Crippen molar-refractivity contribution < 1.29 is 28.2 Å². The Labute approximate surface area is 145 Å². The molecule has 136 valence electrons. The number of halogens is 1. The number of hydrogen-bond donors (Lipinski definition) is 2. The lowest BCUT2D eigenvalue weighted by Gasteiger charge is -2.08. The number of esters is 1. The maximum absolute atomic E-state index is 13.5. The molecule has 8 heteroatoms. The van der Waals surface area contributed by atoms with Crippen LogP contribution < -0.4 is 15.4 Å². The van der Waals surface area contributed by atoms with Gasteiger partial charge in [-0.25, -0.2) is 14.0 Å². The smallest absolute Gasteiger partial charge is 0.331 e. The Morgan fingerprint density at radius 1 is 1.28 bits per heavy atom. The number of rotatable bonds is 7. The molecule has 0 aromatic heterocycles. The molecule has 0 aliphatic heterocycles. The Balaban J connectivity index is 2.40. The molecule has 2 N–H and O–H groups in total. The number of ether oxygens (including phenoxy) is 2. The second-order valence-corrected chi connectivity index (χ2v) is 5.49. The van der Waals surface area contributed by atoms with E-state index in [0.29, 0.717) is 12.1 Å². The van der Waals surface area contributed by atoms with Gasteiger partial charge in [0, 0.05) is 12.6 Å². The predicted molar refractivity (Wildman–Crippen MR) is 89.3 cm³/mol. The van der Waals surface area contributed by atoms with Gasteiger partial charge in [0.15, 0.2) is 18.2 Å². The largest absolute Gasteiger partial charge is 0.494 e. The van der Waals surface area contributed by atoms with E-state index in [0.717, 1.165) is 6.08 Å². The molecule has 3 amide bonds. The van der Waals surface area contributed by atoms with Crippen LogP contribution in [0, 0.1) is 11.7 Å². The third-order valence-corrected chi connectivity index (χ3v) is 2.86. The van der Waals surface area contributed by atoms with Gasteiger partial charge in [-0.15, -0.1) is 0 Å². The molecule has 1 rings (SSSR count). The molecule has 7 nitrogen and oxygen atoms in total. The van der Waals surface area contributed by atoms with E-state index in [2.05, 4.69) is 5.32 Å². The molecule has 1 aromatic rings. The zero-order valence-corrected chi connectivity index (χ0v) is 14.3. The molecule has 0 aliphatic carbocycles. The Kier molecular flexibility index (Phi) is 8.11. The van der Waals surface area contributed by atoms with Gasteiger partial charge >= 0.3 is 12.0 Å². The van der Waals surface area contributed by atoms with Gasteiger partial charge in [-0.3, -0.25) is 10.1 Å². The van der Waals surface area contributed by atoms with Crippen molar-refractivity contribution in [3.63, 3.8) is 0 Å². The van der Waals surface area contributed by atoms with Crippen molar-refractivity contribution >= 4 is 24.0 Å². The molecule has 0 fully saturated rings. The summed E-state index contributed by atoms with van der Waals surface area (Å²) in [6.45, 7) is 3.63. The van der Waals surface area contributed by atoms with Crippen LogP contribution in [0.4, 0.5) is 9.18 Å². The summed E-state index contributed by atoms with van der Waals surface area (Å²) in [5.41, 5.74) is 0.424. The van der Waals surface area contributed by atoms with Gasteiger partial charge < -0.3 is 14.8 Å². The van der Waals surface area contributed by atoms with E-state index >= 15 is 0 Å². The highest BCUT2D eigenvalue weighted by Gasteiger charge is 2.10. The summed E-state index contributed by atoms with van der Waals surface area (Å²) >= 11 is 0. The van der Waals surface area contributed by atoms with Crippen molar-refractivity contribution in [1.82, 2.24) is 10.6 Å². The van der Waals surface area contributed by atoms with Gasteiger partial charge in [-0.05, 0) is 29.7 Å². The summed E-state index contributed by atoms with van der Waals surface area (Å²) in [6.07, 6.45) is 2.38. The molecule has 25 heavy (non-hydrogen) atoms. The number of carbonyl (C=O) groups excluding carboxylic acids is 3. The predicted octanol–water partition coefficient (Wildman–Crippen LogP) is 1.87. The Morgan fingerprint density at radius 3 is 2.60 bits per heavy atom. The van der Waals surface area contributed by atoms with Crippen LogP contribution in [0.1, 0.15) is 19.4 Å². The number of hydrogen-bond acceptors (Lipinski definition) is 5. The fraction of sp³-hybridized carbons (Fsp3) is 0.353. The topological polar surface area (TPSA) is 93.7 Å². The van der Waals surface area contributed by atoms with E-state index in [1.807, 2.05) is 19.2 Å². The number of urea groups is 1. The van der Waals surface area contributed by atoms with Crippen molar-refractivity contribution in [2.24, 2.45) is 5.92 Å². The standard InChI is InChI=1S/C17H21FN2O5/c1-11(2)9-19-17(23)20-15(21)10-25-16(22)7-5-12-4-6-14(24-3)13(18)8-12/h4-8,11H,9-10H2,1-3H3,(H2,19,20,21,23)/b7-5+. The normalized spacial score (nSPS) is 10.6. The van der Waals surface area contributed by atoms with E-state index < -0.39 is 30.3 Å². The van der Waals surface area contributed by atoms with Crippen LogP contribution >= 0.6 is 0 Å². The molecule has 1 aromatic carbocycles. The third-order valence-electron chi connectivity index (χ3n) is 2.86. The maximum Gasteiger partial charge on any atom is 0.331 e. The highest BCUT2D eigenvalue weighted by atomic mass is 19.1. The first-order valence-corrected chi connectivity index (χ1v) is 7.58. The fourth-order valence-corrected chi connectivity index (χ4v) is 1.64. The highest BCUT2D eigenvalue weighted by molar-refractivity contribution is 5.96. The lowest BCUT2D eigenvalue weighted by Crippen LogP contribution is -2.42. The number of imide groups is 1. The van der Waals surface area contributed by atoms with Crippen molar-refractivity contribution in [2.45, 2.75) is 13.8 Å². The summed E-state index contributed by atoms with van der Waals surface area (Å²) in [5, 5.41) is 4.52. The first-order valence-electron chi connectivity index (χ1n) is 7.58. The quantitative estimate of drug-likeness (QED) is 0.577. The molecule has 0 radical (unpaired) electrons. The maximum atomic E-state index is 13.5. The third kappa shape index (κ3) is 7.96. The van der Waals surface area contributed by atoms with Crippen molar-refractivity contribution in [3.8, 4) is 5.75 Å². The van der Waals surface area contributed by atoms with E-state index in [1.54, 1.807) is 6.07 Å². The van der Waals surface area contributed by atoms with Crippen molar-refractivity contribution in [2.75, 3.05) is 20.3 Å². The van der Waals surface area contributed by atoms with Crippen LogP contribution in [0.5, 0.6) is 5.75 Å². The molecule has 0 spiro atoms. The fourth-order valence-electron chi connectivity index (χ4n) is 1.64. The average Bonchev–Trinajstić information content (AvgIpc) is 2.56. The average molecular weight is 352 g/mol. The van der Waals surface area contributed by atoms with Gasteiger partial charge in [0.25, 0.3) is 5.91 Å². The second kappa shape index (κ2) is 10.1. The molecule has 0 aliphatic rings. The van der Waals surface area contributed by atoms with E-state index in [9.17, 15) is 18.8 Å². The molecule has 0 heterocycles. The van der Waals surface area contributed by atoms with Crippen LogP contribution in [-0.4, -0.2) is 38.2 Å². The molecule has 0 atom stereocenters. The number of nitrogens with one attached hydrogen (secondary N) is 2. The van der Waals surface area contributed by atoms with Gasteiger partial charge in [0.1, 0.15) is 0 Å². The lowest BCUT2D eigenvalue weighted by molar-refractivity contribution is -0.143. The summed E-state index contributed by atoms with van der Waals surface area (Å²) in [5.74, 6) is -1.78. The molecule has 0 bridgehead atoms. The van der Waals surface area contributed by atoms with Crippen molar-refractivity contribution in [3.05, 3.63) is 35.7 Å². The highest BCUT2D eigenvalue weighted by Crippen LogP contribution is 2.18. The van der Waals surface area contributed by atoms with Crippen LogP contribution in [0.25, 0.3) is 6.08 Å². The summed E-state index contributed by atoms with van der Waals surface area (Å²) in [4.78, 5) is 34.3. The van der Waals surface area contributed by atoms with E-state index in [1.165, 1.54) is 25.3 Å². The number of amides is 3. The second-order valence-electron chi connectivity index (χ2n) is 5.49. The van der Waals surface area contributed by atoms with Gasteiger partial charge in [0.2, 0.25) is 0 Å². The molecular weight excluding hydrogens is 331 g/mol.